The Kier molecular flexibility index (Phi) is 6.79. The number of carbonyl (C=O) groups is 2. The van der Waals surface area contributed by atoms with Crippen molar-refractivity contribution in [1.29, 1.82) is 5.26 Å². The van der Waals surface area contributed by atoms with E-state index in [9.17, 15) is 14.9 Å². The van der Waals surface area contributed by atoms with E-state index in [-0.39, 0.29) is 11.8 Å². The zero-order chi connectivity index (χ0) is 23.2. The van der Waals surface area contributed by atoms with Crippen LogP contribution in [-0.2, 0) is 16.0 Å². The minimum absolute atomic E-state index is 0.0610. The highest BCUT2D eigenvalue weighted by molar-refractivity contribution is 5.93. The molecule has 4 rings (SSSR count). The molecule has 0 saturated heterocycles. The van der Waals surface area contributed by atoms with Crippen molar-refractivity contribution in [3.8, 4) is 17.3 Å². The molecule has 2 amide bonds. The molecule has 0 aliphatic heterocycles. The molecule has 0 spiro atoms. The number of hydrogen-bond acceptors (Lipinski definition) is 5. The van der Waals surface area contributed by atoms with Crippen LogP contribution in [0.15, 0.2) is 48.9 Å². The van der Waals surface area contributed by atoms with Crippen molar-refractivity contribution in [3.63, 3.8) is 0 Å². The average Bonchev–Trinajstić information content (AvgIpc) is 3.49. The number of rotatable bonds is 9. The number of aromatic amines is 1. The monoisotopic (exact) mass is 442 g/mol. The minimum atomic E-state index is -0.0656. The molecule has 33 heavy (non-hydrogen) atoms. The van der Waals surface area contributed by atoms with Crippen LogP contribution in [0, 0.1) is 17.2 Å². The van der Waals surface area contributed by atoms with Gasteiger partial charge in [0.1, 0.15) is 6.07 Å². The van der Waals surface area contributed by atoms with Crippen molar-refractivity contribution in [2.75, 3.05) is 16.8 Å². The number of nitriles is 1. The van der Waals surface area contributed by atoms with Crippen LogP contribution < -0.4 is 10.2 Å². The van der Waals surface area contributed by atoms with E-state index in [1.165, 1.54) is 6.92 Å². The molecule has 0 atom stereocenters. The predicted octanol–water partition coefficient (Wildman–Crippen LogP) is 4.07. The number of anilines is 2. The Bertz CT molecular complexity index is 1160. The van der Waals surface area contributed by atoms with Crippen LogP contribution in [0.3, 0.4) is 0 Å². The van der Waals surface area contributed by atoms with E-state index in [1.54, 1.807) is 29.4 Å². The fourth-order valence-corrected chi connectivity index (χ4v) is 3.70. The van der Waals surface area contributed by atoms with E-state index >= 15 is 0 Å². The second-order valence-corrected chi connectivity index (χ2v) is 8.36. The standard InChI is InChI=1S/C25H26N6O2/c1-17(32)31(16-18-5-6-18)24-10-7-20(11-21(24)12-26)23-9-8-22(15-27-23)30-25(33)4-2-3-19-13-28-29-14-19/h7-11,13-15,18H,2-6,16H2,1H3,(H,28,29)(H,30,33). The summed E-state index contributed by atoms with van der Waals surface area (Å²) in [6.07, 6.45) is 9.39. The summed E-state index contributed by atoms with van der Waals surface area (Å²) in [7, 11) is 0. The second kappa shape index (κ2) is 10.1. The van der Waals surface area contributed by atoms with Gasteiger partial charge in [0.15, 0.2) is 0 Å². The Morgan fingerprint density at radius 1 is 1.24 bits per heavy atom. The summed E-state index contributed by atoms with van der Waals surface area (Å²) in [6.45, 7) is 2.18. The van der Waals surface area contributed by atoms with Gasteiger partial charge in [0.05, 0.1) is 35.0 Å². The smallest absolute Gasteiger partial charge is 0.224 e. The summed E-state index contributed by atoms with van der Waals surface area (Å²) in [6, 6.07) is 11.3. The molecule has 3 aromatic rings. The molecule has 2 heterocycles. The lowest BCUT2D eigenvalue weighted by molar-refractivity contribution is -0.117. The maximum Gasteiger partial charge on any atom is 0.224 e. The van der Waals surface area contributed by atoms with Gasteiger partial charge in [0.25, 0.3) is 0 Å². The Labute approximate surface area is 192 Å². The number of pyridine rings is 1. The van der Waals surface area contributed by atoms with Gasteiger partial charge < -0.3 is 10.2 Å². The number of nitrogens with zero attached hydrogens (tertiary/aromatic N) is 4. The average molecular weight is 443 g/mol. The van der Waals surface area contributed by atoms with Crippen molar-refractivity contribution >= 4 is 23.2 Å². The maximum absolute atomic E-state index is 12.2. The van der Waals surface area contributed by atoms with Crippen molar-refractivity contribution in [2.24, 2.45) is 5.92 Å². The van der Waals surface area contributed by atoms with Crippen LogP contribution in [0.2, 0.25) is 0 Å². The Morgan fingerprint density at radius 3 is 2.73 bits per heavy atom. The molecule has 0 radical (unpaired) electrons. The van der Waals surface area contributed by atoms with Gasteiger partial charge in [-0.25, -0.2) is 0 Å². The lowest BCUT2D eigenvalue weighted by atomic mass is 10.0. The predicted molar refractivity (Wildman–Crippen MR) is 125 cm³/mol. The molecule has 2 aromatic heterocycles. The summed E-state index contributed by atoms with van der Waals surface area (Å²) in [4.78, 5) is 30.5. The third-order valence-electron chi connectivity index (χ3n) is 5.69. The molecule has 1 aliphatic carbocycles. The van der Waals surface area contributed by atoms with Crippen molar-refractivity contribution in [3.05, 3.63) is 60.0 Å². The molecule has 1 aromatic carbocycles. The van der Waals surface area contributed by atoms with E-state index < -0.39 is 0 Å². The molecule has 0 bridgehead atoms. The van der Waals surface area contributed by atoms with Gasteiger partial charge in [0, 0.05) is 31.6 Å². The van der Waals surface area contributed by atoms with Gasteiger partial charge in [-0.1, -0.05) is 6.07 Å². The number of amides is 2. The molecule has 1 saturated carbocycles. The van der Waals surface area contributed by atoms with Crippen LogP contribution in [0.5, 0.6) is 0 Å². The summed E-state index contributed by atoms with van der Waals surface area (Å²) in [5.74, 6) is 0.397. The zero-order valence-corrected chi connectivity index (χ0v) is 18.5. The summed E-state index contributed by atoms with van der Waals surface area (Å²) < 4.78 is 0. The van der Waals surface area contributed by atoms with E-state index in [0.29, 0.717) is 41.5 Å². The zero-order valence-electron chi connectivity index (χ0n) is 18.5. The molecule has 1 fully saturated rings. The lowest BCUT2D eigenvalue weighted by Gasteiger charge is -2.22. The number of aromatic nitrogens is 3. The highest BCUT2D eigenvalue weighted by Crippen LogP contribution is 2.33. The number of benzene rings is 1. The second-order valence-electron chi connectivity index (χ2n) is 8.36. The highest BCUT2D eigenvalue weighted by Gasteiger charge is 2.27. The molecular weight excluding hydrogens is 416 g/mol. The van der Waals surface area contributed by atoms with Crippen molar-refractivity contribution in [1.82, 2.24) is 15.2 Å². The van der Waals surface area contributed by atoms with E-state index in [4.69, 9.17) is 0 Å². The quantitative estimate of drug-likeness (QED) is 0.518. The third kappa shape index (κ3) is 5.83. The Balaban J connectivity index is 1.40. The normalized spacial score (nSPS) is 12.7. The molecular formula is C25H26N6O2. The van der Waals surface area contributed by atoms with Crippen LogP contribution in [0.25, 0.3) is 11.3 Å². The van der Waals surface area contributed by atoms with Gasteiger partial charge >= 0.3 is 0 Å². The molecule has 8 heteroatoms. The van der Waals surface area contributed by atoms with E-state index in [2.05, 4.69) is 26.6 Å². The highest BCUT2D eigenvalue weighted by atomic mass is 16.2. The lowest BCUT2D eigenvalue weighted by Crippen LogP contribution is -2.31. The summed E-state index contributed by atoms with van der Waals surface area (Å²) in [5.41, 5.74) is 4.25. The molecule has 0 unspecified atom stereocenters. The van der Waals surface area contributed by atoms with Crippen molar-refractivity contribution in [2.45, 2.75) is 39.0 Å². The van der Waals surface area contributed by atoms with Gasteiger partial charge in [-0.05, 0) is 61.4 Å². The number of carbonyl (C=O) groups excluding carboxylic acids is 2. The number of H-pyrrole nitrogens is 1. The minimum Gasteiger partial charge on any atom is -0.325 e. The summed E-state index contributed by atoms with van der Waals surface area (Å²) in [5, 5.41) is 19.2. The number of hydrogen-bond donors (Lipinski definition) is 2. The SMILES string of the molecule is CC(=O)N(CC1CC1)c1ccc(-c2ccc(NC(=O)CCCc3cn[nH]c3)cn2)cc1C#N. The molecule has 8 nitrogen and oxygen atoms in total. The first-order valence-electron chi connectivity index (χ1n) is 11.1. The van der Waals surface area contributed by atoms with Gasteiger partial charge in [-0.3, -0.25) is 19.7 Å². The summed E-state index contributed by atoms with van der Waals surface area (Å²) >= 11 is 0. The largest absolute Gasteiger partial charge is 0.325 e. The topological polar surface area (TPSA) is 115 Å². The Hall–Kier alpha value is -3.99. The van der Waals surface area contributed by atoms with Gasteiger partial charge in [0.2, 0.25) is 11.8 Å². The van der Waals surface area contributed by atoms with Crippen molar-refractivity contribution < 1.29 is 9.59 Å². The first-order chi connectivity index (χ1) is 16.0. The number of aryl methyl sites for hydroxylation is 1. The van der Waals surface area contributed by atoms with Gasteiger partial charge in [-0.2, -0.15) is 10.4 Å². The number of nitrogens with one attached hydrogen (secondary N) is 2. The van der Waals surface area contributed by atoms with Crippen LogP contribution in [-0.4, -0.2) is 33.5 Å². The van der Waals surface area contributed by atoms with Crippen LogP contribution >= 0.6 is 0 Å². The van der Waals surface area contributed by atoms with Crippen LogP contribution in [0.1, 0.15) is 43.7 Å². The first-order valence-corrected chi connectivity index (χ1v) is 11.1. The first kappa shape index (κ1) is 22.2. The molecule has 2 N–H and O–H groups in total. The fourth-order valence-electron chi connectivity index (χ4n) is 3.70. The van der Waals surface area contributed by atoms with Crippen LogP contribution in [0.4, 0.5) is 11.4 Å². The Morgan fingerprint density at radius 2 is 2.09 bits per heavy atom. The van der Waals surface area contributed by atoms with E-state index in [0.717, 1.165) is 36.8 Å². The van der Waals surface area contributed by atoms with E-state index in [1.807, 2.05) is 24.4 Å². The maximum atomic E-state index is 12.2. The molecule has 1 aliphatic rings. The van der Waals surface area contributed by atoms with Gasteiger partial charge in [-0.15, -0.1) is 0 Å². The third-order valence-corrected chi connectivity index (χ3v) is 5.69. The molecule has 168 valence electrons. The fraction of sp³-hybridized carbons (Fsp3) is 0.320.